The second-order valence-electron chi connectivity index (χ2n) is 7.60. The molecule has 1 aliphatic rings. The van der Waals surface area contributed by atoms with Gasteiger partial charge in [0.15, 0.2) is 0 Å². The normalized spacial score (nSPS) is 17.8. The highest BCUT2D eigenvalue weighted by atomic mass is 35.5. The molecule has 1 heterocycles. The van der Waals surface area contributed by atoms with Crippen molar-refractivity contribution >= 4 is 21.6 Å². The fourth-order valence-corrected chi connectivity index (χ4v) is 5.57. The predicted molar refractivity (Wildman–Crippen MR) is 99.5 cm³/mol. The van der Waals surface area contributed by atoms with Gasteiger partial charge in [-0.05, 0) is 64.7 Å². The smallest absolute Gasteiger partial charge is 0.244 e. The lowest BCUT2D eigenvalue weighted by Crippen LogP contribution is -2.29. The highest BCUT2D eigenvalue weighted by Crippen LogP contribution is 2.37. The molecular formula is C18H24ClN3O2S. The minimum atomic E-state index is -3.68. The van der Waals surface area contributed by atoms with Crippen molar-refractivity contribution in [2.45, 2.75) is 63.9 Å². The molecule has 1 N–H and O–H groups in total. The van der Waals surface area contributed by atoms with Crippen molar-refractivity contribution in [3.63, 3.8) is 0 Å². The van der Waals surface area contributed by atoms with Crippen LogP contribution in [0.25, 0.3) is 0 Å². The molecule has 0 saturated carbocycles. The summed E-state index contributed by atoms with van der Waals surface area (Å²) >= 11 is 6.24. The number of halogens is 1. The molecular weight excluding hydrogens is 358 g/mol. The van der Waals surface area contributed by atoms with Crippen LogP contribution in [-0.4, -0.2) is 18.2 Å². The third kappa shape index (κ3) is 3.23. The van der Waals surface area contributed by atoms with Crippen LogP contribution >= 0.6 is 11.6 Å². The van der Waals surface area contributed by atoms with Gasteiger partial charge in [-0.15, -0.1) is 0 Å². The summed E-state index contributed by atoms with van der Waals surface area (Å²) in [7, 11) is -3.68. The topological polar surface area (TPSA) is 64.0 Å². The Morgan fingerprint density at radius 3 is 2.56 bits per heavy atom. The summed E-state index contributed by atoms with van der Waals surface area (Å²) < 4.78 is 30.8. The molecule has 1 aliphatic carbocycles. The predicted octanol–water partition coefficient (Wildman–Crippen LogP) is 3.87. The van der Waals surface area contributed by atoms with E-state index < -0.39 is 10.0 Å². The monoisotopic (exact) mass is 381 g/mol. The zero-order valence-corrected chi connectivity index (χ0v) is 16.8. The van der Waals surface area contributed by atoms with Crippen molar-refractivity contribution in [2.24, 2.45) is 0 Å². The van der Waals surface area contributed by atoms with Crippen LogP contribution in [0.5, 0.6) is 0 Å². The minimum Gasteiger partial charge on any atom is -0.263 e. The second-order valence-corrected chi connectivity index (χ2v) is 9.66. The zero-order chi connectivity index (χ0) is 18.6. The van der Waals surface area contributed by atoms with Crippen LogP contribution in [0.4, 0.5) is 0 Å². The Labute approximate surface area is 154 Å². The number of nitrogens with one attached hydrogen (secondary N) is 1. The van der Waals surface area contributed by atoms with Gasteiger partial charge in [-0.3, -0.25) is 4.68 Å². The number of nitrogens with zero attached hydrogens (tertiary/aromatic N) is 2. The minimum absolute atomic E-state index is 0.254. The molecule has 1 aromatic heterocycles. The van der Waals surface area contributed by atoms with E-state index >= 15 is 0 Å². The average molecular weight is 382 g/mol. The fraction of sp³-hybridized carbons (Fsp3) is 0.500. The van der Waals surface area contributed by atoms with Gasteiger partial charge in [0.1, 0.15) is 4.90 Å². The quantitative estimate of drug-likeness (QED) is 0.877. The standard InChI is InChI=1S/C18H24ClN3O2S/c1-11-17(12(2)22(20-11)18(3,4)5)25(23,24)21-16-10-9-13-14(16)7-6-8-15(13)19/h6-8,16,21H,9-10H2,1-5H3. The van der Waals surface area contributed by atoms with E-state index in [9.17, 15) is 8.42 Å². The number of hydrogen-bond donors (Lipinski definition) is 1. The summed E-state index contributed by atoms with van der Waals surface area (Å²) in [5.41, 5.74) is 2.90. The molecule has 0 spiro atoms. The number of aryl methyl sites for hydroxylation is 1. The van der Waals surface area contributed by atoms with E-state index in [0.717, 1.165) is 17.5 Å². The van der Waals surface area contributed by atoms with Crippen molar-refractivity contribution in [1.29, 1.82) is 0 Å². The highest BCUT2D eigenvalue weighted by molar-refractivity contribution is 7.89. The lowest BCUT2D eigenvalue weighted by atomic mass is 10.1. The molecule has 1 aromatic carbocycles. The van der Waals surface area contributed by atoms with Crippen molar-refractivity contribution in [1.82, 2.24) is 14.5 Å². The van der Waals surface area contributed by atoms with Crippen molar-refractivity contribution < 1.29 is 8.42 Å². The Morgan fingerprint density at radius 2 is 1.96 bits per heavy atom. The number of sulfonamides is 1. The molecule has 7 heteroatoms. The molecule has 136 valence electrons. The van der Waals surface area contributed by atoms with Gasteiger partial charge < -0.3 is 0 Å². The van der Waals surface area contributed by atoms with E-state index in [-0.39, 0.29) is 16.5 Å². The zero-order valence-electron chi connectivity index (χ0n) is 15.2. The first-order chi connectivity index (χ1) is 11.5. The van der Waals surface area contributed by atoms with Crippen LogP contribution in [-0.2, 0) is 22.0 Å². The largest absolute Gasteiger partial charge is 0.263 e. The fourth-order valence-electron chi connectivity index (χ4n) is 3.65. The Bertz CT molecular complexity index is 927. The number of benzene rings is 1. The van der Waals surface area contributed by atoms with E-state index in [0.29, 0.717) is 22.8 Å². The van der Waals surface area contributed by atoms with E-state index in [4.69, 9.17) is 11.6 Å². The van der Waals surface area contributed by atoms with Crippen LogP contribution in [0, 0.1) is 13.8 Å². The molecule has 2 aromatic rings. The van der Waals surface area contributed by atoms with Gasteiger partial charge in [-0.25, -0.2) is 13.1 Å². The number of hydrogen-bond acceptors (Lipinski definition) is 3. The van der Waals surface area contributed by atoms with E-state index in [1.165, 1.54) is 0 Å². The maximum Gasteiger partial charge on any atom is 0.244 e. The third-order valence-corrected chi connectivity index (χ3v) is 6.72. The Balaban J connectivity index is 1.98. The lowest BCUT2D eigenvalue weighted by Gasteiger charge is -2.21. The van der Waals surface area contributed by atoms with Gasteiger partial charge in [-0.2, -0.15) is 5.10 Å². The maximum absolute atomic E-state index is 13.1. The van der Waals surface area contributed by atoms with Crippen LogP contribution in [0.15, 0.2) is 23.1 Å². The van der Waals surface area contributed by atoms with Gasteiger partial charge in [0.05, 0.1) is 16.9 Å². The summed E-state index contributed by atoms with van der Waals surface area (Å²) in [5.74, 6) is 0. The molecule has 0 amide bonds. The number of fused-ring (bicyclic) bond motifs is 1. The summed E-state index contributed by atoms with van der Waals surface area (Å²) in [5, 5.41) is 5.16. The van der Waals surface area contributed by atoms with Gasteiger partial charge >= 0.3 is 0 Å². The SMILES string of the molecule is Cc1nn(C(C)(C)C)c(C)c1S(=O)(=O)NC1CCc2c(Cl)cccc21. The molecule has 5 nitrogen and oxygen atoms in total. The van der Waals surface area contributed by atoms with E-state index in [1.54, 1.807) is 18.5 Å². The molecule has 3 rings (SSSR count). The van der Waals surface area contributed by atoms with Crippen molar-refractivity contribution in [3.05, 3.63) is 45.7 Å². The van der Waals surface area contributed by atoms with Gasteiger partial charge in [0.2, 0.25) is 10.0 Å². The van der Waals surface area contributed by atoms with Crippen molar-refractivity contribution in [2.75, 3.05) is 0 Å². The van der Waals surface area contributed by atoms with Gasteiger partial charge in [0, 0.05) is 11.1 Å². The van der Waals surface area contributed by atoms with Crippen molar-refractivity contribution in [3.8, 4) is 0 Å². The average Bonchev–Trinajstić information content (AvgIpc) is 3.01. The maximum atomic E-state index is 13.1. The first-order valence-corrected chi connectivity index (χ1v) is 10.2. The summed E-state index contributed by atoms with van der Waals surface area (Å²) in [6.07, 6.45) is 1.49. The van der Waals surface area contributed by atoms with E-state index in [1.807, 2.05) is 39.0 Å². The first kappa shape index (κ1) is 18.4. The number of aromatic nitrogens is 2. The van der Waals surface area contributed by atoms with Crippen LogP contribution < -0.4 is 4.72 Å². The van der Waals surface area contributed by atoms with Gasteiger partial charge in [0.25, 0.3) is 0 Å². The third-order valence-electron chi connectivity index (χ3n) is 4.64. The molecule has 0 saturated heterocycles. The first-order valence-electron chi connectivity index (χ1n) is 8.38. The van der Waals surface area contributed by atoms with Crippen LogP contribution in [0.3, 0.4) is 0 Å². The van der Waals surface area contributed by atoms with Crippen LogP contribution in [0.1, 0.15) is 55.7 Å². The second kappa shape index (κ2) is 6.11. The molecule has 0 radical (unpaired) electrons. The molecule has 1 unspecified atom stereocenters. The summed E-state index contributed by atoms with van der Waals surface area (Å²) in [6.45, 7) is 9.56. The number of rotatable bonds is 3. The molecule has 25 heavy (non-hydrogen) atoms. The van der Waals surface area contributed by atoms with Crippen LogP contribution in [0.2, 0.25) is 5.02 Å². The van der Waals surface area contributed by atoms with Gasteiger partial charge in [-0.1, -0.05) is 23.7 Å². The molecule has 0 bridgehead atoms. The molecule has 0 aliphatic heterocycles. The molecule has 1 atom stereocenters. The molecule has 0 fully saturated rings. The Hall–Kier alpha value is -1.37. The highest BCUT2D eigenvalue weighted by Gasteiger charge is 2.33. The Morgan fingerprint density at radius 1 is 1.28 bits per heavy atom. The van der Waals surface area contributed by atoms with E-state index in [2.05, 4.69) is 9.82 Å². The lowest BCUT2D eigenvalue weighted by molar-refractivity contribution is 0.345. The Kier molecular flexibility index (Phi) is 4.50. The summed E-state index contributed by atoms with van der Waals surface area (Å²) in [4.78, 5) is 0.276. The summed E-state index contributed by atoms with van der Waals surface area (Å²) in [6, 6.07) is 5.40.